The van der Waals surface area contributed by atoms with Gasteiger partial charge in [-0.1, -0.05) is 0 Å². The number of ether oxygens (including phenoxy) is 1. The van der Waals surface area contributed by atoms with Crippen molar-refractivity contribution in [1.29, 1.82) is 0 Å². The molecule has 4 rings (SSSR count). The van der Waals surface area contributed by atoms with Crippen molar-refractivity contribution >= 4 is 23.1 Å². The van der Waals surface area contributed by atoms with E-state index in [2.05, 4.69) is 25.6 Å². The lowest BCUT2D eigenvalue weighted by molar-refractivity contribution is -0.137. The number of alkyl halides is 3. The van der Waals surface area contributed by atoms with Crippen molar-refractivity contribution < 1.29 is 36.3 Å². The number of ketones is 1. The molecule has 0 radical (unpaired) electrons. The second-order valence-corrected chi connectivity index (χ2v) is 8.85. The molecule has 3 aromatic rings. The van der Waals surface area contributed by atoms with E-state index in [-0.39, 0.29) is 55.3 Å². The molecule has 38 heavy (non-hydrogen) atoms. The number of nitrogens with one attached hydrogen (secondary N) is 2. The summed E-state index contributed by atoms with van der Waals surface area (Å²) in [5, 5.41) is 4.97. The van der Waals surface area contributed by atoms with Crippen LogP contribution in [0.3, 0.4) is 0 Å². The van der Waals surface area contributed by atoms with E-state index in [4.69, 9.17) is 4.74 Å². The number of benzene rings is 1. The van der Waals surface area contributed by atoms with Gasteiger partial charge < -0.3 is 15.4 Å². The molecule has 0 saturated carbocycles. The molecule has 13 heteroatoms. The predicted octanol–water partition coefficient (Wildman–Crippen LogP) is 4.52. The van der Waals surface area contributed by atoms with Crippen molar-refractivity contribution in [3.63, 3.8) is 0 Å². The second kappa shape index (κ2) is 10.8. The van der Waals surface area contributed by atoms with Gasteiger partial charge in [0.25, 0.3) is 0 Å². The largest absolute Gasteiger partial charge is 0.418 e. The average Bonchev–Trinajstić information content (AvgIpc) is 3.34. The van der Waals surface area contributed by atoms with Crippen LogP contribution in [0.2, 0.25) is 0 Å². The number of carbonyl (C=O) groups excluding carboxylic acids is 2. The zero-order chi connectivity index (χ0) is 27.5. The molecule has 1 fully saturated rings. The predicted molar refractivity (Wildman–Crippen MR) is 124 cm³/mol. The Bertz CT molecular complexity index is 1340. The first-order valence-electron chi connectivity index (χ1n) is 11.4. The molecule has 200 valence electrons. The summed E-state index contributed by atoms with van der Waals surface area (Å²) in [4.78, 5) is 37.7. The number of anilines is 2. The van der Waals surface area contributed by atoms with E-state index in [0.717, 1.165) is 24.4 Å². The Kier molecular flexibility index (Phi) is 7.67. The van der Waals surface area contributed by atoms with Gasteiger partial charge in [-0.2, -0.15) is 13.2 Å². The van der Waals surface area contributed by atoms with E-state index in [1.165, 1.54) is 12.4 Å². The summed E-state index contributed by atoms with van der Waals surface area (Å²) in [6.07, 6.45) is -0.883. The first-order valence-corrected chi connectivity index (χ1v) is 11.4. The lowest BCUT2D eigenvalue weighted by Gasteiger charge is -2.25. The number of aryl methyl sites for hydroxylation is 1. The van der Waals surface area contributed by atoms with Crippen LogP contribution in [0.5, 0.6) is 0 Å². The highest BCUT2D eigenvalue weighted by atomic mass is 19.4. The summed E-state index contributed by atoms with van der Waals surface area (Å²) in [6.45, 7) is 1.60. The molecule has 1 aliphatic heterocycles. The van der Waals surface area contributed by atoms with Crippen LogP contribution in [-0.2, 0) is 22.3 Å². The molecule has 2 aromatic heterocycles. The van der Waals surface area contributed by atoms with Gasteiger partial charge in [-0.3, -0.25) is 14.6 Å². The van der Waals surface area contributed by atoms with Crippen molar-refractivity contribution in [3.05, 3.63) is 77.1 Å². The molecule has 0 aliphatic carbocycles. The van der Waals surface area contributed by atoms with Gasteiger partial charge >= 0.3 is 6.18 Å². The molecule has 1 aromatic carbocycles. The minimum atomic E-state index is -4.84. The van der Waals surface area contributed by atoms with Gasteiger partial charge in [-0.25, -0.2) is 18.7 Å². The quantitative estimate of drug-likeness (QED) is 0.323. The zero-order valence-electron chi connectivity index (χ0n) is 20.0. The lowest BCUT2D eigenvalue weighted by atomic mass is 9.80. The fourth-order valence-corrected chi connectivity index (χ4v) is 3.98. The van der Waals surface area contributed by atoms with Gasteiger partial charge in [-0.05, 0) is 31.5 Å². The van der Waals surface area contributed by atoms with Crippen molar-refractivity contribution in [3.8, 4) is 0 Å². The third-order valence-electron chi connectivity index (χ3n) is 6.09. The van der Waals surface area contributed by atoms with Crippen molar-refractivity contribution in [2.45, 2.75) is 32.5 Å². The molecule has 1 amide bonds. The maximum absolute atomic E-state index is 14.7. The topological polar surface area (TPSA) is 106 Å². The number of Topliss-reactive ketones (excluding diaryl/α,β-unsaturated/α-hetero) is 1. The van der Waals surface area contributed by atoms with Crippen LogP contribution in [0, 0.1) is 24.0 Å². The first-order chi connectivity index (χ1) is 18.0. The fourth-order valence-electron chi connectivity index (χ4n) is 3.98. The van der Waals surface area contributed by atoms with E-state index in [1.54, 1.807) is 6.92 Å². The van der Waals surface area contributed by atoms with E-state index in [1.807, 2.05) is 0 Å². The van der Waals surface area contributed by atoms with Crippen LogP contribution in [0.25, 0.3) is 0 Å². The highest BCUT2D eigenvalue weighted by molar-refractivity contribution is 5.99. The summed E-state index contributed by atoms with van der Waals surface area (Å²) < 4.78 is 73.1. The summed E-state index contributed by atoms with van der Waals surface area (Å²) in [5.74, 6) is -2.34. The Labute approximate surface area is 213 Å². The van der Waals surface area contributed by atoms with Crippen LogP contribution >= 0.6 is 0 Å². The zero-order valence-corrected chi connectivity index (χ0v) is 20.0. The van der Waals surface area contributed by atoms with Gasteiger partial charge in [-0.15, -0.1) is 0 Å². The number of nitrogens with zero attached hydrogens (tertiary/aromatic N) is 3. The molecule has 0 unspecified atom stereocenters. The third-order valence-corrected chi connectivity index (χ3v) is 6.09. The summed E-state index contributed by atoms with van der Waals surface area (Å²) in [5.41, 5.74) is -2.94. The van der Waals surface area contributed by atoms with Crippen molar-refractivity contribution in [2.75, 3.05) is 18.5 Å². The molecular formula is C25H22F5N5O3. The van der Waals surface area contributed by atoms with Crippen LogP contribution in [0.15, 0.2) is 42.9 Å². The van der Waals surface area contributed by atoms with Crippen LogP contribution in [-0.4, -0.2) is 39.9 Å². The van der Waals surface area contributed by atoms with Gasteiger partial charge in [0.1, 0.15) is 17.5 Å². The Morgan fingerprint density at radius 3 is 2.45 bits per heavy atom. The van der Waals surface area contributed by atoms with Gasteiger partial charge in [0.15, 0.2) is 5.78 Å². The van der Waals surface area contributed by atoms with Crippen LogP contribution in [0.4, 0.5) is 33.3 Å². The SMILES string of the molecule is Cc1ncc(C(=O)C[C@@]2(C(=O)NCc3ncc(Nc4ccc(F)cc4C(F)(F)F)cc3F)CCOC2)cn1. The monoisotopic (exact) mass is 535 g/mol. The molecule has 1 atom stereocenters. The third kappa shape index (κ3) is 6.10. The maximum atomic E-state index is 14.7. The number of aromatic nitrogens is 3. The summed E-state index contributed by atoms with van der Waals surface area (Å²) in [6, 6.07) is 2.96. The Hall–Kier alpha value is -4.00. The number of halogens is 5. The highest BCUT2D eigenvalue weighted by Crippen LogP contribution is 2.37. The standard InChI is InChI=1S/C25H22F5N5O3/c1-14-31-9-15(10-32-14)22(36)8-24(4-5-38-13-24)23(37)34-12-21-19(27)7-17(11-33-21)35-20-3-2-16(26)6-18(20)25(28,29)30/h2-3,6-7,9-11,35H,4-5,8,12-13H2,1H3,(H,34,37)/t24-/m0/s1. The number of amides is 1. The van der Waals surface area contributed by atoms with E-state index >= 15 is 0 Å². The molecular weight excluding hydrogens is 513 g/mol. The minimum Gasteiger partial charge on any atom is -0.380 e. The van der Waals surface area contributed by atoms with Crippen LogP contribution in [0.1, 0.15) is 40.3 Å². The Morgan fingerprint density at radius 2 is 1.82 bits per heavy atom. The van der Waals surface area contributed by atoms with E-state index < -0.39 is 40.4 Å². The maximum Gasteiger partial charge on any atom is 0.418 e. The molecule has 2 N–H and O–H groups in total. The lowest BCUT2D eigenvalue weighted by Crippen LogP contribution is -2.43. The number of rotatable bonds is 8. The normalized spacial score (nSPS) is 17.3. The first kappa shape index (κ1) is 27.0. The Morgan fingerprint density at radius 1 is 1.08 bits per heavy atom. The molecule has 3 heterocycles. The highest BCUT2D eigenvalue weighted by Gasteiger charge is 2.44. The molecule has 8 nitrogen and oxygen atoms in total. The van der Waals surface area contributed by atoms with Crippen molar-refractivity contribution in [1.82, 2.24) is 20.3 Å². The summed E-state index contributed by atoms with van der Waals surface area (Å²) in [7, 11) is 0. The molecule has 0 spiro atoms. The van der Waals surface area contributed by atoms with Crippen molar-refractivity contribution in [2.24, 2.45) is 5.41 Å². The smallest absolute Gasteiger partial charge is 0.380 e. The molecule has 1 aliphatic rings. The molecule has 1 saturated heterocycles. The number of pyridine rings is 1. The summed E-state index contributed by atoms with van der Waals surface area (Å²) >= 11 is 0. The van der Waals surface area contributed by atoms with Gasteiger partial charge in [0.2, 0.25) is 5.91 Å². The fraction of sp³-hybridized carbons (Fsp3) is 0.320. The van der Waals surface area contributed by atoms with Crippen LogP contribution < -0.4 is 10.6 Å². The molecule has 0 bridgehead atoms. The second-order valence-electron chi connectivity index (χ2n) is 8.85. The van der Waals surface area contributed by atoms with Gasteiger partial charge in [0.05, 0.1) is 53.0 Å². The Balaban J connectivity index is 1.44. The number of hydrogen-bond donors (Lipinski definition) is 2. The average molecular weight is 535 g/mol. The number of carbonyl (C=O) groups is 2. The van der Waals surface area contributed by atoms with E-state index in [0.29, 0.717) is 11.9 Å². The minimum absolute atomic E-state index is 0.00469. The number of hydrogen-bond acceptors (Lipinski definition) is 7. The van der Waals surface area contributed by atoms with Gasteiger partial charge in [0, 0.05) is 31.5 Å². The van der Waals surface area contributed by atoms with E-state index in [9.17, 15) is 31.5 Å².